The maximum atomic E-state index is 12.6. The Hall–Kier alpha value is -2.62. The van der Waals surface area contributed by atoms with Gasteiger partial charge in [-0.2, -0.15) is 0 Å². The van der Waals surface area contributed by atoms with Crippen LogP contribution < -0.4 is 10.2 Å². The third kappa shape index (κ3) is 4.38. The molecular formula is C23H28N2O2. The van der Waals surface area contributed by atoms with E-state index in [0.717, 1.165) is 49.2 Å². The first-order chi connectivity index (χ1) is 13.0. The lowest BCUT2D eigenvalue weighted by Crippen LogP contribution is -2.38. The second-order valence-corrected chi connectivity index (χ2v) is 7.49. The predicted molar refractivity (Wildman–Crippen MR) is 110 cm³/mol. The fourth-order valence-electron chi connectivity index (χ4n) is 3.51. The Morgan fingerprint density at radius 2 is 1.85 bits per heavy atom. The number of amides is 2. The van der Waals surface area contributed by atoms with Gasteiger partial charge in [0.2, 0.25) is 5.91 Å². The number of hydrogen-bond acceptors (Lipinski definition) is 2. The maximum absolute atomic E-state index is 12.6. The van der Waals surface area contributed by atoms with Crippen molar-refractivity contribution >= 4 is 23.2 Å². The van der Waals surface area contributed by atoms with Gasteiger partial charge in [0.25, 0.3) is 5.91 Å². The van der Waals surface area contributed by atoms with Crippen molar-refractivity contribution in [3.63, 3.8) is 0 Å². The molecule has 0 unspecified atom stereocenters. The molecule has 0 spiro atoms. The largest absolute Gasteiger partial charge is 0.322 e. The van der Waals surface area contributed by atoms with Gasteiger partial charge < -0.3 is 10.2 Å². The first-order valence-corrected chi connectivity index (χ1v) is 9.84. The normalized spacial score (nSPS) is 13.4. The number of carbonyl (C=O) groups is 2. The first kappa shape index (κ1) is 19.2. The summed E-state index contributed by atoms with van der Waals surface area (Å²) in [5, 5.41) is 2.97. The van der Waals surface area contributed by atoms with E-state index in [1.807, 2.05) is 61.2 Å². The number of carbonyl (C=O) groups excluding carboxylic acids is 2. The highest BCUT2D eigenvalue weighted by molar-refractivity contribution is 6.05. The molecule has 2 aromatic rings. The number of benzene rings is 2. The van der Waals surface area contributed by atoms with E-state index in [4.69, 9.17) is 0 Å². The van der Waals surface area contributed by atoms with Crippen molar-refractivity contribution in [2.24, 2.45) is 5.92 Å². The van der Waals surface area contributed by atoms with Crippen molar-refractivity contribution in [1.29, 1.82) is 0 Å². The van der Waals surface area contributed by atoms with E-state index in [2.05, 4.69) is 12.2 Å². The van der Waals surface area contributed by atoms with Gasteiger partial charge in [0.1, 0.15) is 0 Å². The number of hydrogen-bond donors (Lipinski definition) is 1. The zero-order valence-corrected chi connectivity index (χ0v) is 16.4. The Labute approximate surface area is 161 Å². The quantitative estimate of drug-likeness (QED) is 0.826. The van der Waals surface area contributed by atoms with Gasteiger partial charge >= 0.3 is 0 Å². The van der Waals surface area contributed by atoms with E-state index in [1.54, 1.807) is 0 Å². The fourth-order valence-corrected chi connectivity index (χ4v) is 3.51. The van der Waals surface area contributed by atoms with Crippen LogP contribution in [-0.4, -0.2) is 18.4 Å². The Morgan fingerprint density at radius 1 is 1.11 bits per heavy atom. The van der Waals surface area contributed by atoms with Crippen LogP contribution in [0.1, 0.15) is 55.1 Å². The van der Waals surface area contributed by atoms with Gasteiger partial charge in [-0.25, -0.2) is 0 Å². The molecule has 142 valence electrons. The van der Waals surface area contributed by atoms with Crippen LogP contribution in [0.3, 0.4) is 0 Å². The summed E-state index contributed by atoms with van der Waals surface area (Å²) in [6, 6.07) is 13.6. The molecule has 0 aromatic heterocycles. The second kappa shape index (κ2) is 8.38. The van der Waals surface area contributed by atoms with Crippen molar-refractivity contribution in [3.8, 4) is 0 Å². The van der Waals surface area contributed by atoms with E-state index in [1.165, 1.54) is 5.56 Å². The Bertz CT molecular complexity index is 825. The third-order valence-electron chi connectivity index (χ3n) is 4.98. The molecule has 0 atom stereocenters. The summed E-state index contributed by atoms with van der Waals surface area (Å²) in [7, 11) is 0. The first-order valence-electron chi connectivity index (χ1n) is 9.84. The molecule has 0 saturated heterocycles. The van der Waals surface area contributed by atoms with Gasteiger partial charge in [-0.15, -0.1) is 0 Å². The molecular weight excluding hydrogens is 336 g/mol. The van der Waals surface area contributed by atoms with Crippen LogP contribution in [0.4, 0.5) is 11.4 Å². The lowest BCUT2D eigenvalue weighted by atomic mass is 9.99. The fraction of sp³-hybridized carbons (Fsp3) is 0.391. The number of aryl methyl sites for hydroxylation is 2. The van der Waals surface area contributed by atoms with Crippen LogP contribution in [0.5, 0.6) is 0 Å². The minimum atomic E-state index is -0.129. The topological polar surface area (TPSA) is 49.4 Å². The van der Waals surface area contributed by atoms with Gasteiger partial charge in [-0.05, 0) is 54.7 Å². The molecule has 0 aliphatic carbocycles. The van der Waals surface area contributed by atoms with E-state index in [9.17, 15) is 9.59 Å². The predicted octanol–water partition coefficient (Wildman–Crippen LogP) is 4.83. The molecule has 0 saturated carbocycles. The number of nitrogens with one attached hydrogen (secondary N) is 1. The molecule has 2 amide bonds. The summed E-state index contributed by atoms with van der Waals surface area (Å²) in [6.45, 7) is 6.72. The highest BCUT2D eigenvalue weighted by atomic mass is 16.2. The molecule has 1 aliphatic heterocycles. The smallest absolute Gasteiger partial charge is 0.255 e. The molecule has 2 aromatic carbocycles. The molecule has 4 nitrogen and oxygen atoms in total. The van der Waals surface area contributed by atoms with E-state index in [0.29, 0.717) is 5.56 Å². The molecule has 1 heterocycles. The minimum Gasteiger partial charge on any atom is -0.322 e. The van der Waals surface area contributed by atoms with Crippen molar-refractivity contribution in [1.82, 2.24) is 0 Å². The lowest BCUT2D eigenvalue weighted by molar-refractivity contribution is -0.121. The summed E-state index contributed by atoms with van der Waals surface area (Å²) in [5.41, 5.74) is 4.70. The zero-order valence-electron chi connectivity index (χ0n) is 16.4. The van der Waals surface area contributed by atoms with Crippen LogP contribution in [0.15, 0.2) is 42.5 Å². The van der Waals surface area contributed by atoms with Crippen LogP contribution in [0.25, 0.3) is 0 Å². The van der Waals surface area contributed by atoms with Crippen LogP contribution in [0, 0.1) is 5.92 Å². The minimum absolute atomic E-state index is 0.0455. The van der Waals surface area contributed by atoms with Gasteiger partial charge in [0, 0.05) is 29.4 Å². The van der Waals surface area contributed by atoms with E-state index >= 15 is 0 Å². The average Bonchev–Trinajstić information content (AvgIpc) is 2.67. The molecule has 0 bridgehead atoms. The SMILES string of the molecule is CCCc1ccc(C(=O)Nc2ccc3c(c2)N(C(=O)C(C)C)CCC3)cc1. The Morgan fingerprint density at radius 3 is 2.52 bits per heavy atom. The van der Waals surface area contributed by atoms with Gasteiger partial charge in [-0.3, -0.25) is 9.59 Å². The number of nitrogens with zero attached hydrogens (tertiary/aromatic N) is 1. The number of fused-ring (bicyclic) bond motifs is 1. The summed E-state index contributed by atoms with van der Waals surface area (Å²) in [4.78, 5) is 27.0. The maximum Gasteiger partial charge on any atom is 0.255 e. The highest BCUT2D eigenvalue weighted by Gasteiger charge is 2.24. The summed E-state index contributed by atoms with van der Waals surface area (Å²) in [5.74, 6) is -0.0442. The molecule has 4 heteroatoms. The van der Waals surface area contributed by atoms with Crippen molar-refractivity contribution in [2.75, 3.05) is 16.8 Å². The lowest BCUT2D eigenvalue weighted by Gasteiger charge is -2.31. The monoisotopic (exact) mass is 364 g/mol. The summed E-state index contributed by atoms with van der Waals surface area (Å²) < 4.78 is 0. The van der Waals surface area contributed by atoms with Crippen molar-refractivity contribution < 1.29 is 9.59 Å². The molecule has 0 radical (unpaired) electrons. The molecule has 1 N–H and O–H groups in total. The Balaban J connectivity index is 1.79. The van der Waals surface area contributed by atoms with Crippen LogP contribution in [-0.2, 0) is 17.6 Å². The molecule has 0 fully saturated rings. The second-order valence-electron chi connectivity index (χ2n) is 7.49. The van der Waals surface area contributed by atoms with Gasteiger partial charge in [0.05, 0.1) is 0 Å². The molecule has 3 rings (SSSR count). The summed E-state index contributed by atoms with van der Waals surface area (Å²) in [6.07, 6.45) is 4.05. The van der Waals surface area contributed by atoms with E-state index < -0.39 is 0 Å². The molecule has 27 heavy (non-hydrogen) atoms. The van der Waals surface area contributed by atoms with Crippen LogP contribution in [0.2, 0.25) is 0 Å². The highest BCUT2D eigenvalue weighted by Crippen LogP contribution is 2.31. The molecule has 1 aliphatic rings. The van der Waals surface area contributed by atoms with Crippen LogP contribution >= 0.6 is 0 Å². The number of anilines is 2. The van der Waals surface area contributed by atoms with Gasteiger partial charge in [0.15, 0.2) is 0 Å². The zero-order chi connectivity index (χ0) is 19.4. The van der Waals surface area contributed by atoms with Gasteiger partial charge in [-0.1, -0.05) is 45.4 Å². The Kier molecular flexibility index (Phi) is 5.94. The van der Waals surface area contributed by atoms with E-state index in [-0.39, 0.29) is 17.7 Å². The summed E-state index contributed by atoms with van der Waals surface area (Å²) >= 11 is 0. The standard InChI is InChI=1S/C23H28N2O2/c1-4-6-17-8-10-19(11-9-17)22(26)24-20-13-12-18-7-5-14-25(21(18)15-20)23(27)16(2)3/h8-13,15-16H,4-7,14H2,1-3H3,(H,24,26). The third-order valence-corrected chi connectivity index (χ3v) is 4.98. The van der Waals surface area contributed by atoms with Crippen molar-refractivity contribution in [2.45, 2.75) is 46.5 Å². The van der Waals surface area contributed by atoms with Crippen molar-refractivity contribution in [3.05, 3.63) is 59.2 Å². The average molecular weight is 364 g/mol. The number of rotatable bonds is 5.